The molecule has 34 heavy (non-hydrogen) atoms. The van der Waals surface area contributed by atoms with Crippen molar-refractivity contribution in [2.75, 3.05) is 59.3 Å². The molecule has 1 N–H and O–H groups in total. The highest BCUT2D eigenvalue weighted by molar-refractivity contribution is 6.29. The smallest absolute Gasteiger partial charge is 0.282 e. The Bertz CT molecular complexity index is 1160. The molecular weight excluding hydrogens is 468 g/mol. The predicted molar refractivity (Wildman–Crippen MR) is 123 cm³/mol. The molecule has 5 heterocycles. The van der Waals surface area contributed by atoms with Crippen molar-refractivity contribution in [1.29, 1.82) is 0 Å². The largest absolute Gasteiger partial charge is 0.353 e. The summed E-state index contributed by atoms with van der Waals surface area (Å²) in [5, 5.41) is 3.08. The van der Waals surface area contributed by atoms with Gasteiger partial charge in [-0.25, -0.2) is 33.7 Å². The second kappa shape index (κ2) is 8.93. The van der Waals surface area contributed by atoms with Gasteiger partial charge in [0.25, 0.3) is 11.8 Å². The minimum Gasteiger partial charge on any atom is -0.353 e. The van der Waals surface area contributed by atoms with E-state index in [0.717, 1.165) is 32.0 Å². The normalized spacial score (nSPS) is 17.3. The number of amides is 1. The summed E-state index contributed by atoms with van der Waals surface area (Å²) in [5.41, 5.74) is 0.294. The maximum absolute atomic E-state index is 13.0. The number of nitrogens with zero attached hydrogens (tertiary/aromatic N) is 8. The molecule has 2 aliphatic heterocycles. The quantitative estimate of drug-likeness (QED) is 0.543. The van der Waals surface area contributed by atoms with Crippen LogP contribution in [0.25, 0.3) is 0 Å². The molecule has 0 unspecified atom stereocenters. The summed E-state index contributed by atoms with van der Waals surface area (Å²) in [6.07, 6.45) is 5.90. The molecule has 10 nitrogen and oxygen atoms in total. The lowest BCUT2D eigenvalue weighted by Gasteiger charge is -2.39. The predicted octanol–water partition coefficient (Wildman–Crippen LogP) is 2.35. The van der Waals surface area contributed by atoms with Crippen LogP contribution >= 0.6 is 11.6 Å². The van der Waals surface area contributed by atoms with Crippen LogP contribution in [0.5, 0.6) is 0 Å². The van der Waals surface area contributed by atoms with E-state index in [9.17, 15) is 13.6 Å². The van der Waals surface area contributed by atoms with E-state index in [0.29, 0.717) is 28.2 Å². The fourth-order valence-electron chi connectivity index (χ4n) is 3.78. The van der Waals surface area contributed by atoms with Crippen LogP contribution in [0.4, 0.5) is 32.1 Å². The van der Waals surface area contributed by atoms with E-state index in [1.165, 1.54) is 23.6 Å². The lowest BCUT2D eigenvalue weighted by Crippen LogP contribution is -2.56. The highest BCUT2D eigenvalue weighted by Crippen LogP contribution is 2.30. The Morgan fingerprint density at radius 1 is 0.853 bits per heavy atom. The first-order valence-electron chi connectivity index (χ1n) is 10.6. The van der Waals surface area contributed by atoms with Gasteiger partial charge in [-0.3, -0.25) is 4.79 Å². The van der Waals surface area contributed by atoms with Gasteiger partial charge in [-0.1, -0.05) is 11.6 Å². The third-order valence-electron chi connectivity index (χ3n) is 5.61. The van der Waals surface area contributed by atoms with E-state index in [-0.39, 0.29) is 13.1 Å². The molecule has 0 bridgehead atoms. The van der Waals surface area contributed by atoms with Gasteiger partial charge in [0.2, 0.25) is 0 Å². The van der Waals surface area contributed by atoms with E-state index in [2.05, 4.69) is 40.0 Å². The molecule has 0 saturated carbocycles. The third kappa shape index (κ3) is 4.81. The van der Waals surface area contributed by atoms with E-state index in [4.69, 9.17) is 11.6 Å². The average Bonchev–Trinajstić information content (AvgIpc) is 2.83. The second-order valence-corrected chi connectivity index (χ2v) is 8.39. The number of carbonyl (C=O) groups is 1. The Balaban J connectivity index is 1.14. The van der Waals surface area contributed by atoms with Crippen molar-refractivity contribution in [1.82, 2.24) is 24.9 Å². The molecule has 13 heteroatoms. The number of pyridine rings is 1. The van der Waals surface area contributed by atoms with Crippen molar-refractivity contribution in [3.05, 3.63) is 53.8 Å². The van der Waals surface area contributed by atoms with Gasteiger partial charge in [0, 0.05) is 38.4 Å². The van der Waals surface area contributed by atoms with Crippen LogP contribution in [0, 0.1) is 0 Å². The minimum absolute atomic E-state index is 0.294. The van der Waals surface area contributed by atoms with Gasteiger partial charge in [0.05, 0.1) is 31.0 Å². The lowest BCUT2D eigenvalue weighted by atomic mass is 10.1. The maximum Gasteiger partial charge on any atom is 0.282 e. The average molecular weight is 488 g/mol. The van der Waals surface area contributed by atoms with Gasteiger partial charge < -0.3 is 20.0 Å². The summed E-state index contributed by atoms with van der Waals surface area (Å²) in [7, 11) is 0. The Kier molecular flexibility index (Phi) is 5.82. The molecule has 0 spiro atoms. The number of rotatable bonds is 5. The molecule has 1 amide bonds. The number of hydrogen-bond donors (Lipinski definition) is 1. The zero-order valence-corrected chi connectivity index (χ0v) is 18.7. The number of halogens is 3. The van der Waals surface area contributed by atoms with Gasteiger partial charge >= 0.3 is 0 Å². The van der Waals surface area contributed by atoms with Gasteiger partial charge in [0.1, 0.15) is 28.9 Å². The number of hydrogen-bond acceptors (Lipinski definition) is 9. The van der Waals surface area contributed by atoms with Crippen LogP contribution in [-0.2, 0) is 0 Å². The van der Waals surface area contributed by atoms with Crippen LogP contribution < -0.4 is 20.0 Å². The Morgan fingerprint density at radius 2 is 1.56 bits per heavy atom. The van der Waals surface area contributed by atoms with Gasteiger partial charge in [-0.05, 0) is 12.1 Å². The summed E-state index contributed by atoms with van der Waals surface area (Å²) in [4.78, 5) is 39.1. The first-order valence-corrected chi connectivity index (χ1v) is 10.9. The molecule has 2 saturated heterocycles. The number of nitrogens with one attached hydrogen (secondary N) is 1. The molecule has 3 aromatic heterocycles. The number of piperazine rings is 1. The minimum atomic E-state index is -2.68. The Morgan fingerprint density at radius 3 is 2.15 bits per heavy atom. The van der Waals surface area contributed by atoms with Crippen molar-refractivity contribution >= 4 is 40.8 Å². The highest BCUT2D eigenvalue weighted by Gasteiger charge is 2.44. The fraction of sp³-hybridized carbons (Fsp3) is 0.333. The second-order valence-electron chi connectivity index (χ2n) is 8.00. The van der Waals surface area contributed by atoms with E-state index in [1.807, 2.05) is 0 Å². The molecule has 176 valence electrons. The molecule has 0 radical (unpaired) electrons. The standard InChI is InChI=1S/C21H20ClF2N9O/c22-15-7-18(29-13-28-15)31-3-5-32(6-4-31)19-10-25-16(9-27-19)30-20(34)14-1-2-17(26-8-14)33-11-21(23,24)12-33/h1-2,7-10,13H,3-6,11-12H2,(H,25,30,34). The van der Waals surface area contributed by atoms with E-state index >= 15 is 0 Å². The van der Waals surface area contributed by atoms with Crippen LogP contribution in [-0.4, -0.2) is 76.0 Å². The van der Waals surface area contributed by atoms with Crippen LogP contribution in [0.15, 0.2) is 43.1 Å². The van der Waals surface area contributed by atoms with Crippen LogP contribution in [0.1, 0.15) is 10.4 Å². The number of anilines is 4. The monoisotopic (exact) mass is 487 g/mol. The molecule has 5 rings (SSSR count). The zero-order chi connectivity index (χ0) is 23.7. The fourth-order valence-corrected chi connectivity index (χ4v) is 3.92. The third-order valence-corrected chi connectivity index (χ3v) is 5.81. The summed E-state index contributed by atoms with van der Waals surface area (Å²) in [6, 6.07) is 4.83. The first kappa shape index (κ1) is 22.1. The summed E-state index contributed by atoms with van der Waals surface area (Å²) in [5.74, 6) is -0.887. The van der Waals surface area contributed by atoms with Crippen molar-refractivity contribution in [3.63, 3.8) is 0 Å². The lowest BCUT2D eigenvalue weighted by molar-refractivity contribution is -0.0267. The van der Waals surface area contributed by atoms with E-state index < -0.39 is 11.8 Å². The van der Waals surface area contributed by atoms with E-state index in [1.54, 1.807) is 24.4 Å². The van der Waals surface area contributed by atoms with Gasteiger partial charge in [0.15, 0.2) is 5.82 Å². The highest BCUT2D eigenvalue weighted by atomic mass is 35.5. The molecule has 0 aromatic carbocycles. The topological polar surface area (TPSA) is 103 Å². The maximum atomic E-state index is 13.0. The van der Waals surface area contributed by atoms with Crippen LogP contribution in [0.2, 0.25) is 5.15 Å². The van der Waals surface area contributed by atoms with Crippen molar-refractivity contribution < 1.29 is 13.6 Å². The van der Waals surface area contributed by atoms with Crippen molar-refractivity contribution in [3.8, 4) is 0 Å². The van der Waals surface area contributed by atoms with Crippen molar-refractivity contribution in [2.24, 2.45) is 0 Å². The zero-order valence-electron chi connectivity index (χ0n) is 17.9. The molecule has 0 atom stereocenters. The Labute approximate surface area is 198 Å². The summed E-state index contributed by atoms with van der Waals surface area (Å²) in [6.45, 7) is 2.21. The molecule has 0 aliphatic carbocycles. The molecule has 3 aromatic rings. The van der Waals surface area contributed by atoms with Gasteiger partial charge in [-0.2, -0.15) is 0 Å². The van der Waals surface area contributed by atoms with Gasteiger partial charge in [-0.15, -0.1) is 0 Å². The summed E-state index contributed by atoms with van der Waals surface area (Å²) < 4.78 is 26.0. The molecular formula is C21H20ClF2N9O. The number of carbonyl (C=O) groups excluding carboxylic acids is 1. The van der Waals surface area contributed by atoms with Crippen LogP contribution in [0.3, 0.4) is 0 Å². The molecule has 2 fully saturated rings. The van der Waals surface area contributed by atoms with Crippen molar-refractivity contribution in [2.45, 2.75) is 5.92 Å². The number of alkyl halides is 2. The SMILES string of the molecule is O=C(Nc1cnc(N2CCN(c3cc(Cl)ncn3)CC2)cn1)c1ccc(N2CC(F)(F)C2)nc1. The summed E-state index contributed by atoms with van der Waals surface area (Å²) >= 11 is 5.95. The molecule has 2 aliphatic rings. The number of aromatic nitrogens is 5. The Hall–Kier alpha value is -3.67. The first-order chi connectivity index (χ1) is 16.4.